The minimum absolute atomic E-state index is 0.784. The van der Waals surface area contributed by atoms with Crippen LogP contribution < -0.4 is 4.90 Å². The van der Waals surface area contributed by atoms with Gasteiger partial charge in [0.2, 0.25) is 0 Å². The van der Waals surface area contributed by atoms with Crippen molar-refractivity contribution in [2.45, 2.75) is 0 Å². The highest BCUT2D eigenvalue weighted by Crippen LogP contribution is 2.44. The Bertz CT molecular complexity index is 2490. The predicted molar refractivity (Wildman–Crippen MR) is 184 cm³/mol. The molecule has 2 heterocycles. The lowest BCUT2D eigenvalue weighted by Gasteiger charge is -2.27. The third kappa shape index (κ3) is 3.87. The summed E-state index contributed by atoms with van der Waals surface area (Å²) in [5, 5.41) is 9.65. The zero-order valence-electron chi connectivity index (χ0n) is 23.8. The number of benzene rings is 7. The second-order valence-electron chi connectivity index (χ2n) is 11.2. The van der Waals surface area contributed by atoms with Crippen molar-refractivity contribution >= 4 is 71.3 Å². The van der Waals surface area contributed by atoms with Crippen LogP contribution in [0.15, 0.2) is 162 Å². The van der Waals surface area contributed by atoms with E-state index in [2.05, 4.69) is 143 Å². The molecule has 0 unspecified atom stereocenters. The van der Waals surface area contributed by atoms with Crippen LogP contribution in [0.4, 0.5) is 17.1 Å². The molecule has 0 aliphatic carbocycles. The third-order valence-electron chi connectivity index (χ3n) is 8.72. The summed E-state index contributed by atoms with van der Waals surface area (Å²) in [4.78, 5) is 6.66. The summed E-state index contributed by atoms with van der Waals surface area (Å²) in [7, 11) is 0. The molecule has 206 valence electrons. The Kier molecular flexibility index (Phi) is 5.50. The molecule has 0 fully saturated rings. The first-order valence-electron chi connectivity index (χ1n) is 14.9. The molecule has 3 nitrogen and oxygen atoms in total. The lowest BCUT2D eigenvalue weighted by molar-refractivity contribution is 0.667. The van der Waals surface area contributed by atoms with E-state index >= 15 is 0 Å². The molecule has 9 rings (SSSR count). The Morgan fingerprint density at radius 2 is 1.18 bits per heavy atom. The van der Waals surface area contributed by atoms with Crippen molar-refractivity contribution in [1.82, 2.24) is 4.98 Å². The molecule has 0 radical (unpaired) electrons. The molecular weight excluding hydrogens is 536 g/mol. The van der Waals surface area contributed by atoms with Crippen molar-refractivity contribution in [1.29, 1.82) is 0 Å². The number of pyridine rings is 1. The predicted octanol–water partition coefficient (Wildman–Crippen LogP) is 11.6. The van der Waals surface area contributed by atoms with Gasteiger partial charge in [0.05, 0.1) is 17.3 Å². The number of hydrogen-bond acceptors (Lipinski definition) is 3. The van der Waals surface area contributed by atoms with Crippen LogP contribution in [0.1, 0.15) is 0 Å². The zero-order valence-corrected chi connectivity index (χ0v) is 23.8. The van der Waals surface area contributed by atoms with Crippen molar-refractivity contribution in [2.75, 3.05) is 4.90 Å². The molecule has 0 saturated heterocycles. The number of aromatic nitrogens is 1. The smallest absolute Gasteiger partial charge is 0.153 e. The number of anilines is 3. The maximum Gasteiger partial charge on any atom is 0.153 e. The summed E-state index contributed by atoms with van der Waals surface area (Å²) < 4.78 is 6.26. The van der Waals surface area contributed by atoms with Crippen molar-refractivity contribution in [3.63, 3.8) is 0 Å². The van der Waals surface area contributed by atoms with Crippen molar-refractivity contribution < 1.29 is 4.42 Å². The van der Waals surface area contributed by atoms with Crippen molar-refractivity contribution in [2.24, 2.45) is 0 Å². The van der Waals surface area contributed by atoms with Gasteiger partial charge in [0.15, 0.2) is 5.58 Å². The maximum atomic E-state index is 6.26. The molecule has 0 bridgehead atoms. The minimum Gasteiger partial charge on any atom is -0.454 e. The normalized spacial score (nSPS) is 11.6. The fraction of sp³-hybridized carbons (Fsp3) is 0. The van der Waals surface area contributed by atoms with Gasteiger partial charge in [-0.2, -0.15) is 0 Å². The topological polar surface area (TPSA) is 29.3 Å². The molecule has 9 aromatic rings. The highest BCUT2D eigenvalue weighted by Gasteiger charge is 2.20. The summed E-state index contributed by atoms with van der Waals surface area (Å²) in [5.74, 6) is 0. The van der Waals surface area contributed by atoms with Gasteiger partial charge in [-0.05, 0) is 85.9 Å². The third-order valence-corrected chi connectivity index (χ3v) is 8.72. The molecule has 44 heavy (non-hydrogen) atoms. The van der Waals surface area contributed by atoms with E-state index in [1.54, 1.807) is 6.20 Å². The van der Waals surface area contributed by atoms with Gasteiger partial charge in [0, 0.05) is 23.0 Å². The molecule has 0 N–H and O–H groups in total. The zero-order chi connectivity index (χ0) is 29.0. The van der Waals surface area contributed by atoms with E-state index in [9.17, 15) is 0 Å². The van der Waals surface area contributed by atoms with Crippen LogP contribution in [0.5, 0.6) is 0 Å². The van der Waals surface area contributed by atoms with Crippen LogP contribution >= 0.6 is 0 Å². The standard InChI is InChI=1S/C41H26N2O/c1-2-7-27(8-3-1)28-17-19-32(20-18-28)43(37-11-6-12-38-41(37)36-23-24-42-26-39(36)44-38)33-21-22-35-31(25-33)16-15-30-14-13-29-9-4-5-10-34(29)40(30)35/h1-26H. The second kappa shape index (κ2) is 9.82. The monoisotopic (exact) mass is 562 g/mol. The Morgan fingerprint density at radius 1 is 0.455 bits per heavy atom. The number of fused-ring (bicyclic) bond motifs is 8. The molecule has 0 amide bonds. The van der Waals surface area contributed by atoms with Crippen LogP contribution in [-0.4, -0.2) is 4.98 Å². The molecule has 2 aromatic heterocycles. The second-order valence-corrected chi connectivity index (χ2v) is 11.2. The number of rotatable bonds is 4. The van der Waals surface area contributed by atoms with Gasteiger partial charge in [0.1, 0.15) is 5.58 Å². The van der Waals surface area contributed by atoms with Crippen molar-refractivity contribution in [3.8, 4) is 11.1 Å². The Balaban J connectivity index is 1.29. The Hall–Kier alpha value is -5.93. The van der Waals surface area contributed by atoms with E-state index in [1.165, 1.54) is 43.4 Å². The van der Waals surface area contributed by atoms with Crippen molar-refractivity contribution in [3.05, 3.63) is 158 Å². The molecule has 3 heteroatoms. The van der Waals surface area contributed by atoms with Gasteiger partial charge in [-0.1, -0.05) is 103 Å². The lowest BCUT2D eigenvalue weighted by atomic mass is 9.96. The first-order chi connectivity index (χ1) is 21.8. The average Bonchev–Trinajstić information content (AvgIpc) is 3.48. The highest BCUT2D eigenvalue weighted by molar-refractivity contribution is 6.21. The fourth-order valence-electron chi connectivity index (χ4n) is 6.67. The first kappa shape index (κ1) is 24.6. The van der Waals surface area contributed by atoms with E-state index in [1.807, 2.05) is 18.3 Å². The van der Waals surface area contributed by atoms with E-state index in [0.717, 1.165) is 39.0 Å². The molecule has 0 aliphatic heterocycles. The molecule has 7 aromatic carbocycles. The largest absolute Gasteiger partial charge is 0.454 e. The van der Waals surface area contributed by atoms with Crippen LogP contribution in [0.2, 0.25) is 0 Å². The molecule has 0 aliphatic rings. The van der Waals surface area contributed by atoms with Gasteiger partial charge < -0.3 is 9.32 Å². The number of nitrogens with zero attached hydrogens (tertiary/aromatic N) is 2. The summed E-state index contributed by atoms with van der Waals surface area (Å²) in [6, 6.07) is 52.1. The van der Waals surface area contributed by atoms with Crippen LogP contribution in [0.25, 0.3) is 65.4 Å². The summed E-state index contributed by atoms with van der Waals surface area (Å²) in [5.41, 5.74) is 7.23. The quantitative estimate of drug-likeness (QED) is 0.200. The number of furan rings is 1. The first-order valence-corrected chi connectivity index (χ1v) is 14.9. The van der Waals surface area contributed by atoms with Gasteiger partial charge in [0.25, 0.3) is 0 Å². The van der Waals surface area contributed by atoms with Gasteiger partial charge in [-0.15, -0.1) is 0 Å². The summed E-state index contributed by atoms with van der Waals surface area (Å²) >= 11 is 0. The minimum atomic E-state index is 0.784. The molecular formula is C41H26N2O. The highest BCUT2D eigenvalue weighted by atomic mass is 16.3. The number of hydrogen-bond donors (Lipinski definition) is 0. The van der Waals surface area contributed by atoms with Crippen LogP contribution in [0, 0.1) is 0 Å². The Labute approximate surface area is 254 Å². The molecule has 0 atom stereocenters. The summed E-state index contributed by atoms with van der Waals surface area (Å²) in [6.45, 7) is 0. The van der Waals surface area contributed by atoms with Crippen LogP contribution in [0.3, 0.4) is 0 Å². The van der Waals surface area contributed by atoms with Crippen LogP contribution in [-0.2, 0) is 0 Å². The summed E-state index contributed by atoms with van der Waals surface area (Å²) in [6.07, 6.45) is 3.63. The van der Waals surface area contributed by atoms with Gasteiger partial charge in [-0.3, -0.25) is 4.98 Å². The van der Waals surface area contributed by atoms with Gasteiger partial charge in [-0.25, -0.2) is 0 Å². The Morgan fingerprint density at radius 3 is 2.07 bits per heavy atom. The molecule has 0 saturated carbocycles. The van der Waals surface area contributed by atoms with E-state index in [0.29, 0.717) is 0 Å². The maximum absolute atomic E-state index is 6.26. The lowest BCUT2D eigenvalue weighted by Crippen LogP contribution is -2.10. The molecule has 0 spiro atoms. The van der Waals surface area contributed by atoms with E-state index in [4.69, 9.17) is 4.42 Å². The SMILES string of the molecule is c1ccc(-c2ccc(N(c3ccc4c(ccc5ccc6ccccc6c54)c3)c3cccc4oc5cnccc5c34)cc2)cc1. The van der Waals surface area contributed by atoms with Gasteiger partial charge >= 0.3 is 0 Å². The van der Waals surface area contributed by atoms with E-state index < -0.39 is 0 Å². The fourth-order valence-corrected chi connectivity index (χ4v) is 6.67. The average molecular weight is 563 g/mol. The van der Waals surface area contributed by atoms with E-state index in [-0.39, 0.29) is 0 Å².